The first-order valence-electron chi connectivity index (χ1n) is 13.2. The Bertz CT molecular complexity index is 1590. The Hall–Kier alpha value is -4.53. The molecule has 1 atom stereocenters. The molecule has 9 nitrogen and oxygen atoms in total. The van der Waals surface area contributed by atoms with Gasteiger partial charge in [-0.2, -0.15) is 0 Å². The summed E-state index contributed by atoms with van der Waals surface area (Å²) in [4.78, 5) is 18.9. The lowest BCUT2D eigenvalue weighted by Crippen LogP contribution is -2.18. The first-order chi connectivity index (χ1) is 19.1. The molecule has 1 unspecified atom stereocenters. The van der Waals surface area contributed by atoms with E-state index in [2.05, 4.69) is 29.3 Å². The van der Waals surface area contributed by atoms with E-state index in [0.717, 1.165) is 66.6 Å². The van der Waals surface area contributed by atoms with E-state index < -0.39 is 0 Å². The second-order valence-corrected chi connectivity index (χ2v) is 9.66. The number of allylic oxidation sites excluding steroid dienone is 3. The summed E-state index contributed by atoms with van der Waals surface area (Å²) in [5.41, 5.74) is 5.51. The molecule has 0 saturated heterocycles. The number of ether oxygens (including phenoxy) is 2. The van der Waals surface area contributed by atoms with E-state index in [1.165, 1.54) is 5.56 Å². The van der Waals surface area contributed by atoms with Crippen molar-refractivity contribution in [2.24, 2.45) is 4.99 Å². The average molecular weight is 522 g/mol. The van der Waals surface area contributed by atoms with Crippen LogP contribution in [-0.4, -0.2) is 55.8 Å². The van der Waals surface area contributed by atoms with Crippen LogP contribution in [0.4, 0.5) is 0 Å². The van der Waals surface area contributed by atoms with Crippen molar-refractivity contribution in [2.45, 2.75) is 38.6 Å². The van der Waals surface area contributed by atoms with E-state index in [1.807, 2.05) is 52.7 Å². The number of methoxy groups -OCH3 is 2. The van der Waals surface area contributed by atoms with Gasteiger partial charge in [-0.3, -0.25) is 4.99 Å². The highest BCUT2D eigenvalue weighted by atomic mass is 16.5. The molecule has 0 fully saturated rings. The van der Waals surface area contributed by atoms with Gasteiger partial charge in [-0.05, 0) is 62.1 Å². The van der Waals surface area contributed by atoms with Gasteiger partial charge < -0.3 is 14.0 Å². The van der Waals surface area contributed by atoms with E-state index in [0.29, 0.717) is 17.4 Å². The zero-order valence-corrected chi connectivity index (χ0v) is 22.4. The summed E-state index contributed by atoms with van der Waals surface area (Å²) in [6.07, 6.45) is 14.9. The maximum atomic E-state index is 5.72. The molecule has 6 rings (SSSR count). The topological polar surface area (TPSA) is 92.2 Å². The number of rotatable bonds is 6. The molecule has 0 amide bonds. The second kappa shape index (κ2) is 10.7. The van der Waals surface area contributed by atoms with E-state index in [-0.39, 0.29) is 5.92 Å². The number of pyridine rings is 1. The quantitative estimate of drug-likeness (QED) is 0.351. The normalized spacial score (nSPS) is 16.8. The Kier molecular flexibility index (Phi) is 6.79. The van der Waals surface area contributed by atoms with Crippen molar-refractivity contribution in [3.63, 3.8) is 0 Å². The van der Waals surface area contributed by atoms with Crippen LogP contribution < -0.4 is 9.47 Å². The fourth-order valence-corrected chi connectivity index (χ4v) is 5.18. The van der Waals surface area contributed by atoms with Crippen molar-refractivity contribution in [1.29, 1.82) is 0 Å². The standard InChI is InChI=1S/C30H31N7O2/c1-20-18-36(19-32-20)26-13-12-25(33-30(26)39-3)28-34-29-22(9-8-16-37(29)35-28)21-11-14-27(38-2)23(17-21)24-10-6-4-5-7-15-31-24/h4-6,10-14,17-19,22H,7-9,15-16H2,1-3H3. The number of fused-ring (bicyclic) bond motifs is 1. The predicted molar refractivity (Wildman–Crippen MR) is 150 cm³/mol. The molecule has 4 aromatic rings. The van der Waals surface area contributed by atoms with Crippen molar-refractivity contribution < 1.29 is 9.47 Å². The van der Waals surface area contributed by atoms with Gasteiger partial charge >= 0.3 is 0 Å². The molecule has 3 aromatic heterocycles. The van der Waals surface area contributed by atoms with Crippen molar-refractivity contribution in [1.82, 2.24) is 29.3 Å². The number of nitrogens with zero attached hydrogens (tertiary/aromatic N) is 7. The summed E-state index contributed by atoms with van der Waals surface area (Å²) in [6.45, 7) is 3.53. The molecule has 0 saturated carbocycles. The molecule has 5 heterocycles. The Morgan fingerprint density at radius 3 is 2.77 bits per heavy atom. The molecule has 0 N–H and O–H groups in total. The molecule has 0 bridgehead atoms. The fraction of sp³-hybridized carbons (Fsp3) is 0.300. The van der Waals surface area contributed by atoms with E-state index in [9.17, 15) is 0 Å². The molecule has 0 spiro atoms. The number of aryl methyl sites for hydroxylation is 2. The van der Waals surface area contributed by atoms with Crippen LogP contribution in [-0.2, 0) is 6.54 Å². The van der Waals surface area contributed by atoms with E-state index in [4.69, 9.17) is 29.5 Å². The summed E-state index contributed by atoms with van der Waals surface area (Å²) in [7, 11) is 3.32. The van der Waals surface area contributed by atoms with Gasteiger partial charge in [0.25, 0.3) is 0 Å². The maximum absolute atomic E-state index is 5.72. The number of hydrogen-bond acceptors (Lipinski definition) is 7. The third-order valence-electron chi connectivity index (χ3n) is 7.11. The van der Waals surface area contributed by atoms with Crippen LogP contribution in [0.15, 0.2) is 72.2 Å². The maximum Gasteiger partial charge on any atom is 0.238 e. The van der Waals surface area contributed by atoms with Crippen molar-refractivity contribution in [3.05, 3.63) is 89.8 Å². The van der Waals surface area contributed by atoms with Gasteiger partial charge in [0.05, 0.1) is 32.0 Å². The zero-order chi connectivity index (χ0) is 26.8. The summed E-state index contributed by atoms with van der Waals surface area (Å²) in [5.74, 6) is 2.96. The first kappa shape index (κ1) is 24.8. The highest BCUT2D eigenvalue weighted by Gasteiger charge is 2.28. The van der Waals surface area contributed by atoms with Crippen molar-refractivity contribution in [2.75, 3.05) is 20.8 Å². The highest BCUT2D eigenvalue weighted by molar-refractivity contribution is 6.10. The first-order valence-corrected chi connectivity index (χ1v) is 13.2. The van der Waals surface area contributed by atoms with Gasteiger partial charge in [0, 0.05) is 30.8 Å². The van der Waals surface area contributed by atoms with E-state index in [1.54, 1.807) is 20.5 Å². The molecule has 0 radical (unpaired) electrons. The zero-order valence-electron chi connectivity index (χ0n) is 22.4. The van der Waals surface area contributed by atoms with Crippen molar-refractivity contribution >= 4 is 5.71 Å². The molecule has 2 aliphatic heterocycles. The number of aromatic nitrogens is 6. The van der Waals surface area contributed by atoms with Crippen LogP contribution in [0, 0.1) is 6.92 Å². The SMILES string of the molecule is COc1ccc(C2CCCn3nc(-c4ccc(-n5cnc(C)c5)c(OC)n4)nc32)cc1C1=NCCC=CC=C1. The third-order valence-corrected chi connectivity index (χ3v) is 7.11. The Morgan fingerprint density at radius 2 is 1.95 bits per heavy atom. The van der Waals surface area contributed by atoms with Crippen LogP contribution in [0.1, 0.15) is 47.8 Å². The molecular weight excluding hydrogens is 490 g/mol. The Balaban J connectivity index is 1.36. The van der Waals surface area contributed by atoms with Crippen LogP contribution in [0.25, 0.3) is 17.2 Å². The summed E-state index contributed by atoms with van der Waals surface area (Å²) < 4.78 is 15.3. The number of hydrogen-bond donors (Lipinski definition) is 0. The molecule has 1 aromatic carbocycles. The van der Waals surface area contributed by atoms with E-state index >= 15 is 0 Å². The van der Waals surface area contributed by atoms with Gasteiger partial charge in [-0.1, -0.05) is 24.3 Å². The molecular formula is C30H31N7O2. The van der Waals surface area contributed by atoms with Crippen LogP contribution in [0.2, 0.25) is 0 Å². The van der Waals surface area contributed by atoms with Crippen molar-refractivity contribution in [3.8, 4) is 28.8 Å². The third kappa shape index (κ3) is 4.87. The number of imidazole rings is 1. The lowest BCUT2D eigenvalue weighted by molar-refractivity contribution is 0.396. The number of aliphatic imine (C=N–C) groups is 1. The van der Waals surface area contributed by atoms with Crippen LogP contribution in [0.3, 0.4) is 0 Å². The molecule has 9 heteroatoms. The summed E-state index contributed by atoms with van der Waals surface area (Å²) in [6, 6.07) is 10.3. The van der Waals surface area contributed by atoms with Gasteiger partial charge in [-0.25, -0.2) is 19.6 Å². The van der Waals surface area contributed by atoms with Crippen LogP contribution >= 0.6 is 0 Å². The fourth-order valence-electron chi connectivity index (χ4n) is 5.18. The second-order valence-electron chi connectivity index (χ2n) is 9.66. The minimum atomic E-state index is 0.109. The lowest BCUT2D eigenvalue weighted by atomic mass is 9.89. The summed E-state index contributed by atoms with van der Waals surface area (Å²) >= 11 is 0. The van der Waals surface area contributed by atoms with Gasteiger partial charge in [-0.15, -0.1) is 5.10 Å². The smallest absolute Gasteiger partial charge is 0.238 e. The van der Waals surface area contributed by atoms with Gasteiger partial charge in [0.15, 0.2) is 5.82 Å². The minimum absolute atomic E-state index is 0.109. The molecule has 0 aliphatic carbocycles. The number of benzene rings is 1. The lowest BCUT2D eigenvalue weighted by Gasteiger charge is -2.23. The minimum Gasteiger partial charge on any atom is -0.496 e. The van der Waals surface area contributed by atoms with Gasteiger partial charge in [0.1, 0.15) is 23.0 Å². The van der Waals surface area contributed by atoms with Crippen LogP contribution in [0.5, 0.6) is 11.6 Å². The highest BCUT2D eigenvalue weighted by Crippen LogP contribution is 2.36. The molecule has 39 heavy (non-hydrogen) atoms. The summed E-state index contributed by atoms with van der Waals surface area (Å²) in [5, 5.41) is 4.85. The molecule has 2 aliphatic rings. The largest absolute Gasteiger partial charge is 0.496 e. The Morgan fingerprint density at radius 1 is 1.03 bits per heavy atom. The monoisotopic (exact) mass is 521 g/mol. The molecule has 198 valence electrons. The van der Waals surface area contributed by atoms with Gasteiger partial charge in [0.2, 0.25) is 5.88 Å². The average Bonchev–Trinajstić information content (AvgIpc) is 3.58. The Labute approximate surface area is 227 Å². The predicted octanol–water partition coefficient (Wildman–Crippen LogP) is 5.08.